The molecule has 1 amide bonds. The molecular formula is C13H22BrNO2. The molecule has 1 saturated carbocycles. The van der Waals surface area contributed by atoms with Crippen LogP contribution in [0.5, 0.6) is 0 Å². The zero-order valence-electron chi connectivity index (χ0n) is 10.3. The smallest absolute Gasteiger partial charge is 0.225 e. The molecule has 0 spiro atoms. The molecule has 3 atom stereocenters. The summed E-state index contributed by atoms with van der Waals surface area (Å²) in [5.74, 6) is 0.940. The minimum Gasteiger partial charge on any atom is -0.381 e. The van der Waals surface area contributed by atoms with E-state index in [-0.39, 0.29) is 11.8 Å². The average molecular weight is 304 g/mol. The second-order valence-corrected chi connectivity index (χ2v) is 6.58. The fourth-order valence-corrected chi connectivity index (χ4v) is 3.60. The summed E-state index contributed by atoms with van der Waals surface area (Å²) >= 11 is 3.68. The van der Waals surface area contributed by atoms with Crippen molar-refractivity contribution in [3.63, 3.8) is 0 Å². The van der Waals surface area contributed by atoms with E-state index < -0.39 is 0 Å². The molecule has 1 aliphatic carbocycles. The molecule has 2 aliphatic rings. The van der Waals surface area contributed by atoms with Gasteiger partial charge in [0.2, 0.25) is 5.91 Å². The van der Waals surface area contributed by atoms with Crippen LogP contribution in [0.2, 0.25) is 0 Å². The van der Waals surface area contributed by atoms with Gasteiger partial charge in [-0.25, -0.2) is 0 Å². The van der Waals surface area contributed by atoms with Gasteiger partial charge in [0.05, 0.1) is 12.5 Å². The van der Waals surface area contributed by atoms with Gasteiger partial charge in [-0.1, -0.05) is 22.4 Å². The molecule has 1 heterocycles. The van der Waals surface area contributed by atoms with E-state index in [1.165, 1.54) is 25.7 Å². The Morgan fingerprint density at radius 2 is 2.18 bits per heavy atom. The van der Waals surface area contributed by atoms with Crippen LogP contribution in [0.4, 0.5) is 0 Å². The minimum absolute atomic E-state index is 0.0899. The van der Waals surface area contributed by atoms with Crippen molar-refractivity contribution >= 4 is 21.8 Å². The second-order valence-electron chi connectivity index (χ2n) is 5.29. The van der Waals surface area contributed by atoms with Crippen molar-refractivity contribution in [3.8, 4) is 0 Å². The van der Waals surface area contributed by atoms with Gasteiger partial charge < -0.3 is 10.1 Å². The predicted molar refractivity (Wildman–Crippen MR) is 71.2 cm³/mol. The first-order valence-corrected chi connectivity index (χ1v) is 7.67. The highest BCUT2D eigenvalue weighted by molar-refractivity contribution is 9.09. The van der Waals surface area contributed by atoms with Gasteiger partial charge in [-0.05, 0) is 38.0 Å². The van der Waals surface area contributed by atoms with E-state index in [2.05, 4.69) is 21.2 Å². The van der Waals surface area contributed by atoms with Crippen molar-refractivity contribution in [1.82, 2.24) is 5.32 Å². The van der Waals surface area contributed by atoms with Crippen molar-refractivity contribution in [2.24, 2.45) is 11.8 Å². The van der Waals surface area contributed by atoms with Gasteiger partial charge in [-0.2, -0.15) is 0 Å². The van der Waals surface area contributed by atoms with Gasteiger partial charge >= 0.3 is 0 Å². The Balaban J connectivity index is 1.68. The summed E-state index contributed by atoms with van der Waals surface area (Å²) < 4.78 is 5.34. The van der Waals surface area contributed by atoms with Crippen LogP contribution in [-0.2, 0) is 9.53 Å². The van der Waals surface area contributed by atoms with E-state index >= 15 is 0 Å². The molecular weight excluding hydrogens is 282 g/mol. The highest BCUT2D eigenvalue weighted by Gasteiger charge is 2.24. The largest absolute Gasteiger partial charge is 0.381 e. The van der Waals surface area contributed by atoms with Gasteiger partial charge in [0.15, 0.2) is 0 Å². The molecule has 3 unspecified atom stereocenters. The standard InChI is InChI=1S/C13H22BrNO2/c14-12-5-1-3-10(7-12)8-15-13(16)11-4-2-6-17-9-11/h10-12H,1-9H2,(H,15,16). The Hall–Kier alpha value is -0.0900. The van der Waals surface area contributed by atoms with Crippen LogP contribution in [0.15, 0.2) is 0 Å². The Morgan fingerprint density at radius 3 is 2.88 bits per heavy atom. The lowest BCUT2D eigenvalue weighted by molar-refractivity contribution is -0.129. The summed E-state index contributed by atoms with van der Waals surface area (Å²) in [6, 6.07) is 0. The van der Waals surface area contributed by atoms with Crippen molar-refractivity contribution < 1.29 is 9.53 Å². The number of hydrogen-bond acceptors (Lipinski definition) is 2. The number of nitrogens with one attached hydrogen (secondary N) is 1. The third-order valence-electron chi connectivity index (χ3n) is 3.81. The Morgan fingerprint density at radius 1 is 1.29 bits per heavy atom. The van der Waals surface area contributed by atoms with Crippen LogP contribution in [-0.4, -0.2) is 30.5 Å². The van der Waals surface area contributed by atoms with Crippen LogP contribution in [0.25, 0.3) is 0 Å². The summed E-state index contributed by atoms with van der Waals surface area (Å²) in [6.45, 7) is 2.27. The zero-order valence-corrected chi connectivity index (χ0v) is 11.9. The number of amides is 1. The van der Waals surface area contributed by atoms with Gasteiger partial charge in [-0.3, -0.25) is 4.79 Å². The van der Waals surface area contributed by atoms with Crippen LogP contribution in [0.1, 0.15) is 38.5 Å². The molecule has 1 aliphatic heterocycles. The number of hydrogen-bond donors (Lipinski definition) is 1. The number of alkyl halides is 1. The maximum absolute atomic E-state index is 11.9. The van der Waals surface area contributed by atoms with E-state index in [9.17, 15) is 4.79 Å². The summed E-state index contributed by atoms with van der Waals surface area (Å²) in [6.07, 6.45) is 7.01. The molecule has 1 saturated heterocycles. The lowest BCUT2D eigenvalue weighted by Gasteiger charge is -2.27. The first-order valence-electron chi connectivity index (χ1n) is 6.75. The topological polar surface area (TPSA) is 38.3 Å². The highest BCUT2D eigenvalue weighted by atomic mass is 79.9. The lowest BCUT2D eigenvalue weighted by atomic mass is 9.89. The molecule has 98 valence electrons. The lowest BCUT2D eigenvalue weighted by Crippen LogP contribution is -2.38. The molecule has 0 aromatic heterocycles. The van der Waals surface area contributed by atoms with E-state index in [1.807, 2.05) is 0 Å². The Kier molecular flexibility index (Phi) is 5.29. The molecule has 2 fully saturated rings. The van der Waals surface area contributed by atoms with Crippen LogP contribution in [0, 0.1) is 11.8 Å². The number of halogens is 1. The van der Waals surface area contributed by atoms with Crippen molar-refractivity contribution in [1.29, 1.82) is 0 Å². The molecule has 0 bridgehead atoms. The molecule has 3 nitrogen and oxygen atoms in total. The quantitative estimate of drug-likeness (QED) is 0.814. The monoisotopic (exact) mass is 303 g/mol. The zero-order chi connectivity index (χ0) is 12.1. The minimum atomic E-state index is 0.0899. The van der Waals surface area contributed by atoms with Crippen molar-refractivity contribution in [3.05, 3.63) is 0 Å². The maximum Gasteiger partial charge on any atom is 0.225 e. The Labute approximate surface area is 112 Å². The van der Waals surface area contributed by atoms with E-state index in [4.69, 9.17) is 4.74 Å². The first-order chi connectivity index (χ1) is 8.25. The molecule has 4 heteroatoms. The van der Waals surface area contributed by atoms with Crippen molar-refractivity contribution in [2.45, 2.75) is 43.4 Å². The molecule has 0 aromatic carbocycles. The van der Waals surface area contributed by atoms with E-state index in [0.29, 0.717) is 17.4 Å². The number of rotatable bonds is 3. The third-order valence-corrected chi connectivity index (χ3v) is 4.65. The van der Waals surface area contributed by atoms with Gasteiger partial charge in [-0.15, -0.1) is 0 Å². The summed E-state index contributed by atoms with van der Waals surface area (Å²) in [7, 11) is 0. The SMILES string of the molecule is O=C(NCC1CCCC(Br)C1)C1CCCOC1. The van der Waals surface area contributed by atoms with Crippen LogP contribution >= 0.6 is 15.9 Å². The van der Waals surface area contributed by atoms with Crippen molar-refractivity contribution in [2.75, 3.05) is 19.8 Å². The van der Waals surface area contributed by atoms with Crippen LogP contribution in [0.3, 0.4) is 0 Å². The van der Waals surface area contributed by atoms with Gasteiger partial charge in [0.25, 0.3) is 0 Å². The normalized spacial score (nSPS) is 34.3. The number of ether oxygens (including phenoxy) is 1. The molecule has 0 aromatic rings. The molecule has 2 rings (SSSR count). The average Bonchev–Trinajstić information content (AvgIpc) is 2.37. The van der Waals surface area contributed by atoms with Gasteiger partial charge in [0.1, 0.15) is 0 Å². The number of carbonyl (C=O) groups is 1. The third kappa shape index (κ3) is 4.25. The van der Waals surface area contributed by atoms with Gasteiger partial charge in [0, 0.05) is 18.0 Å². The maximum atomic E-state index is 11.9. The molecule has 0 radical (unpaired) electrons. The first kappa shape index (κ1) is 13.3. The summed E-state index contributed by atoms with van der Waals surface area (Å²) in [5.41, 5.74) is 0. The Bertz CT molecular complexity index is 254. The highest BCUT2D eigenvalue weighted by Crippen LogP contribution is 2.28. The van der Waals surface area contributed by atoms with E-state index in [1.54, 1.807) is 0 Å². The number of carbonyl (C=O) groups excluding carboxylic acids is 1. The fraction of sp³-hybridized carbons (Fsp3) is 0.923. The molecule has 1 N–H and O–H groups in total. The fourth-order valence-electron chi connectivity index (χ4n) is 2.75. The molecule has 17 heavy (non-hydrogen) atoms. The predicted octanol–water partition coefficient (Wildman–Crippen LogP) is 2.48. The summed E-state index contributed by atoms with van der Waals surface area (Å²) in [5, 5.41) is 3.10. The second kappa shape index (κ2) is 6.74. The van der Waals surface area contributed by atoms with E-state index in [0.717, 1.165) is 26.0 Å². The van der Waals surface area contributed by atoms with Crippen LogP contribution < -0.4 is 5.32 Å². The summed E-state index contributed by atoms with van der Waals surface area (Å²) in [4.78, 5) is 12.6.